The second-order valence-corrected chi connectivity index (χ2v) is 9.14. The standard InChI is InChI=1S/C14H15BrClNO2S2/c1-3-10-4-6-11(7-5-10)17(2)21(18,19)13-8-12(9-16)20-14(13)15/h4-8H,3,9H2,1-2H3. The number of benzene rings is 1. The second kappa shape index (κ2) is 6.69. The van der Waals surface area contributed by atoms with E-state index in [9.17, 15) is 8.42 Å². The van der Waals surface area contributed by atoms with Crippen LogP contribution in [-0.4, -0.2) is 15.5 Å². The Morgan fingerprint density at radius 2 is 1.90 bits per heavy atom. The first-order valence-corrected chi connectivity index (χ1v) is 9.90. The van der Waals surface area contributed by atoms with Gasteiger partial charge in [-0.05, 0) is 46.1 Å². The Labute approximate surface area is 142 Å². The van der Waals surface area contributed by atoms with Gasteiger partial charge in [0, 0.05) is 11.9 Å². The summed E-state index contributed by atoms with van der Waals surface area (Å²) < 4.78 is 27.3. The molecule has 0 radical (unpaired) electrons. The van der Waals surface area contributed by atoms with E-state index < -0.39 is 10.0 Å². The van der Waals surface area contributed by atoms with Crippen molar-refractivity contribution in [3.05, 3.63) is 44.6 Å². The monoisotopic (exact) mass is 407 g/mol. The van der Waals surface area contributed by atoms with Crippen LogP contribution in [0.25, 0.3) is 0 Å². The highest BCUT2D eigenvalue weighted by Gasteiger charge is 2.26. The fourth-order valence-electron chi connectivity index (χ4n) is 1.87. The maximum Gasteiger partial charge on any atom is 0.266 e. The quantitative estimate of drug-likeness (QED) is 0.676. The van der Waals surface area contributed by atoms with Crippen LogP contribution >= 0.6 is 38.9 Å². The molecular weight excluding hydrogens is 394 g/mol. The average molecular weight is 409 g/mol. The van der Waals surface area contributed by atoms with Gasteiger partial charge in [-0.3, -0.25) is 4.31 Å². The maximum absolute atomic E-state index is 12.7. The predicted octanol–water partition coefficient (Wildman–Crippen LogP) is 4.64. The van der Waals surface area contributed by atoms with Crippen LogP contribution in [0.4, 0.5) is 5.69 Å². The molecule has 0 atom stereocenters. The first-order chi connectivity index (χ1) is 9.90. The van der Waals surface area contributed by atoms with Crippen LogP contribution < -0.4 is 4.31 Å². The molecule has 0 aliphatic rings. The minimum Gasteiger partial charge on any atom is -0.269 e. The van der Waals surface area contributed by atoms with Crippen molar-refractivity contribution in [3.8, 4) is 0 Å². The summed E-state index contributed by atoms with van der Waals surface area (Å²) >= 11 is 10.4. The Hall–Kier alpha value is -0.560. The molecule has 0 unspecified atom stereocenters. The van der Waals surface area contributed by atoms with E-state index in [0.717, 1.165) is 11.3 Å². The number of hydrogen-bond donors (Lipinski definition) is 0. The highest BCUT2D eigenvalue weighted by atomic mass is 79.9. The number of halogens is 2. The largest absolute Gasteiger partial charge is 0.269 e. The van der Waals surface area contributed by atoms with Crippen molar-refractivity contribution < 1.29 is 8.42 Å². The zero-order valence-electron chi connectivity index (χ0n) is 11.6. The molecular formula is C14H15BrClNO2S2. The van der Waals surface area contributed by atoms with E-state index in [1.165, 1.54) is 21.2 Å². The Balaban J connectivity index is 2.39. The first-order valence-electron chi connectivity index (χ1n) is 6.32. The number of anilines is 1. The smallest absolute Gasteiger partial charge is 0.266 e. The van der Waals surface area contributed by atoms with Crippen molar-refractivity contribution in [3.63, 3.8) is 0 Å². The molecule has 0 aliphatic carbocycles. The number of sulfonamides is 1. The Bertz CT molecular complexity index is 726. The van der Waals surface area contributed by atoms with E-state index in [4.69, 9.17) is 11.6 Å². The second-order valence-electron chi connectivity index (χ2n) is 4.48. The highest BCUT2D eigenvalue weighted by Crippen LogP contribution is 2.35. The zero-order chi connectivity index (χ0) is 15.6. The van der Waals surface area contributed by atoms with Crippen LogP contribution in [0.2, 0.25) is 0 Å². The van der Waals surface area contributed by atoms with E-state index >= 15 is 0 Å². The lowest BCUT2D eigenvalue weighted by molar-refractivity contribution is 0.594. The van der Waals surface area contributed by atoms with Crippen molar-refractivity contribution in [2.45, 2.75) is 24.1 Å². The van der Waals surface area contributed by atoms with Gasteiger partial charge in [0.15, 0.2) is 0 Å². The summed E-state index contributed by atoms with van der Waals surface area (Å²) in [5.74, 6) is 0.299. The van der Waals surface area contributed by atoms with Crippen LogP contribution in [0.3, 0.4) is 0 Å². The van der Waals surface area contributed by atoms with Gasteiger partial charge in [0.25, 0.3) is 10.0 Å². The normalized spacial score (nSPS) is 11.6. The molecule has 21 heavy (non-hydrogen) atoms. The molecule has 1 aromatic carbocycles. The topological polar surface area (TPSA) is 37.4 Å². The molecule has 2 rings (SSSR count). The molecule has 1 heterocycles. The third kappa shape index (κ3) is 3.44. The minimum atomic E-state index is -3.59. The minimum absolute atomic E-state index is 0.255. The number of hydrogen-bond acceptors (Lipinski definition) is 3. The van der Waals surface area contributed by atoms with Crippen LogP contribution in [-0.2, 0) is 22.3 Å². The van der Waals surface area contributed by atoms with Gasteiger partial charge in [0.1, 0.15) is 4.90 Å². The van der Waals surface area contributed by atoms with Gasteiger partial charge in [-0.2, -0.15) is 0 Å². The molecule has 0 fully saturated rings. The molecule has 114 valence electrons. The van der Waals surface area contributed by atoms with Gasteiger partial charge in [-0.1, -0.05) is 19.1 Å². The summed E-state index contributed by atoms with van der Waals surface area (Å²) in [7, 11) is -2.04. The van der Waals surface area contributed by atoms with Crippen molar-refractivity contribution in [2.24, 2.45) is 0 Å². The molecule has 0 aliphatic heterocycles. The summed E-state index contributed by atoms with van der Waals surface area (Å²) in [6.45, 7) is 2.06. The van der Waals surface area contributed by atoms with E-state index in [1.807, 2.05) is 24.3 Å². The lowest BCUT2D eigenvalue weighted by Crippen LogP contribution is -2.26. The molecule has 0 bridgehead atoms. The predicted molar refractivity (Wildman–Crippen MR) is 93.0 cm³/mol. The van der Waals surface area contributed by atoms with Crippen molar-refractivity contribution in [1.82, 2.24) is 0 Å². The maximum atomic E-state index is 12.7. The van der Waals surface area contributed by atoms with Gasteiger partial charge in [0.2, 0.25) is 0 Å². The summed E-state index contributed by atoms with van der Waals surface area (Å²) in [5.41, 5.74) is 1.81. The van der Waals surface area contributed by atoms with Crippen LogP contribution in [0.15, 0.2) is 39.0 Å². The number of rotatable bonds is 5. The van der Waals surface area contributed by atoms with Gasteiger partial charge < -0.3 is 0 Å². The third-order valence-corrected chi connectivity index (χ3v) is 7.67. The molecule has 0 saturated carbocycles. The number of aryl methyl sites for hydroxylation is 1. The molecule has 0 amide bonds. The van der Waals surface area contributed by atoms with Crippen molar-refractivity contribution in [1.29, 1.82) is 0 Å². The van der Waals surface area contributed by atoms with Crippen LogP contribution in [0.1, 0.15) is 17.4 Å². The number of nitrogens with zero attached hydrogens (tertiary/aromatic N) is 1. The highest BCUT2D eigenvalue weighted by molar-refractivity contribution is 9.11. The van der Waals surface area contributed by atoms with E-state index in [1.54, 1.807) is 13.1 Å². The molecule has 0 spiro atoms. The van der Waals surface area contributed by atoms with Crippen molar-refractivity contribution in [2.75, 3.05) is 11.4 Å². The zero-order valence-corrected chi connectivity index (χ0v) is 15.6. The molecule has 0 N–H and O–H groups in total. The van der Waals surface area contributed by atoms with Gasteiger partial charge in [-0.15, -0.1) is 22.9 Å². The number of alkyl halides is 1. The van der Waals surface area contributed by atoms with Gasteiger partial charge >= 0.3 is 0 Å². The molecule has 1 aromatic heterocycles. The average Bonchev–Trinajstić information content (AvgIpc) is 2.88. The van der Waals surface area contributed by atoms with Crippen molar-refractivity contribution >= 4 is 54.6 Å². The van der Waals surface area contributed by atoms with Crippen LogP contribution in [0.5, 0.6) is 0 Å². The number of thiophene rings is 1. The van der Waals surface area contributed by atoms with Gasteiger partial charge in [0.05, 0.1) is 15.4 Å². The fraction of sp³-hybridized carbons (Fsp3) is 0.286. The third-order valence-electron chi connectivity index (χ3n) is 3.18. The van der Waals surface area contributed by atoms with E-state index in [0.29, 0.717) is 15.4 Å². The molecule has 0 saturated heterocycles. The Morgan fingerprint density at radius 1 is 1.29 bits per heavy atom. The summed E-state index contributed by atoms with van der Waals surface area (Å²) in [6.07, 6.45) is 0.923. The lowest BCUT2D eigenvalue weighted by atomic mass is 10.1. The molecule has 2 aromatic rings. The molecule has 3 nitrogen and oxygen atoms in total. The van der Waals surface area contributed by atoms with Gasteiger partial charge in [-0.25, -0.2) is 8.42 Å². The van der Waals surface area contributed by atoms with E-state index in [2.05, 4.69) is 22.9 Å². The Morgan fingerprint density at radius 3 is 2.38 bits per heavy atom. The summed E-state index contributed by atoms with van der Waals surface area (Å²) in [4.78, 5) is 1.07. The van der Waals surface area contributed by atoms with Crippen LogP contribution in [0, 0.1) is 0 Å². The fourth-order valence-corrected chi connectivity index (χ4v) is 5.78. The summed E-state index contributed by atoms with van der Waals surface area (Å²) in [5, 5.41) is 0. The SMILES string of the molecule is CCc1ccc(N(C)S(=O)(=O)c2cc(CCl)sc2Br)cc1. The van der Waals surface area contributed by atoms with E-state index in [-0.39, 0.29) is 4.90 Å². The lowest BCUT2D eigenvalue weighted by Gasteiger charge is -2.19. The first kappa shape index (κ1) is 16.8. The Kier molecular flexibility index (Phi) is 5.35. The summed E-state index contributed by atoms with van der Waals surface area (Å²) in [6, 6.07) is 9.13. The molecule has 7 heteroatoms.